The van der Waals surface area contributed by atoms with E-state index in [0.29, 0.717) is 5.33 Å². The Kier molecular flexibility index (Phi) is 24.0. The molecular formula is C4H11BrO2. The highest BCUT2D eigenvalue weighted by Crippen LogP contribution is 1.69. The van der Waals surface area contributed by atoms with Gasteiger partial charge in [-0.25, -0.2) is 0 Å². The van der Waals surface area contributed by atoms with Crippen molar-refractivity contribution in [3.8, 4) is 0 Å². The van der Waals surface area contributed by atoms with Gasteiger partial charge in [-0.3, -0.25) is 0 Å². The zero-order valence-electron chi connectivity index (χ0n) is 4.65. The molecule has 0 aromatic rings. The van der Waals surface area contributed by atoms with Crippen LogP contribution >= 0.6 is 15.9 Å². The van der Waals surface area contributed by atoms with E-state index >= 15 is 0 Å². The molecule has 3 heteroatoms. The first-order valence-electron chi connectivity index (χ1n) is 1.90. The average molecular weight is 171 g/mol. The van der Waals surface area contributed by atoms with Gasteiger partial charge in [-0.05, 0) is 0 Å². The lowest BCUT2D eigenvalue weighted by Gasteiger charge is -1.67. The Morgan fingerprint density at radius 3 is 1.71 bits per heavy atom. The normalized spacial score (nSPS) is 6.86. The number of halogens is 1. The summed E-state index contributed by atoms with van der Waals surface area (Å²) in [4.78, 5) is 0. The summed E-state index contributed by atoms with van der Waals surface area (Å²) < 4.78 is 4.25. The van der Waals surface area contributed by atoms with Crippen LogP contribution in [0.3, 0.4) is 0 Å². The highest BCUT2D eigenvalue weighted by atomic mass is 79.9. The fourth-order valence-electron chi connectivity index (χ4n) is 0. The topological polar surface area (TPSA) is 29.5 Å². The van der Waals surface area contributed by atoms with Gasteiger partial charge in [0.15, 0.2) is 0 Å². The predicted molar refractivity (Wildman–Crippen MR) is 33.8 cm³/mol. The Bertz CT molecular complexity index is 17.2. The molecule has 1 N–H and O–H groups in total. The summed E-state index contributed by atoms with van der Waals surface area (Å²) in [6.45, 7) is 0.236. The average Bonchev–Trinajstić information content (AvgIpc) is 1.69. The zero-order valence-corrected chi connectivity index (χ0v) is 6.23. The molecule has 0 fully saturated rings. The van der Waals surface area contributed by atoms with Crippen LogP contribution < -0.4 is 0 Å². The monoisotopic (exact) mass is 170 g/mol. The second-order valence-corrected chi connectivity index (χ2v) is 1.61. The maximum Gasteiger partial charge on any atom is 0.0528 e. The van der Waals surface area contributed by atoms with Crippen LogP contribution in [0.25, 0.3) is 0 Å². The van der Waals surface area contributed by atoms with Crippen molar-refractivity contribution in [2.24, 2.45) is 0 Å². The summed E-state index contributed by atoms with van der Waals surface area (Å²) in [5.74, 6) is 0. The van der Waals surface area contributed by atoms with E-state index in [1.165, 1.54) is 0 Å². The molecule has 0 heterocycles. The van der Waals surface area contributed by atoms with Gasteiger partial charge in [-0.2, -0.15) is 0 Å². The van der Waals surface area contributed by atoms with Crippen molar-refractivity contribution in [1.29, 1.82) is 0 Å². The van der Waals surface area contributed by atoms with Gasteiger partial charge < -0.3 is 9.84 Å². The molecule has 0 aliphatic carbocycles. The molecule has 46 valence electrons. The molecule has 0 saturated heterocycles. The Morgan fingerprint density at radius 2 is 1.71 bits per heavy atom. The summed E-state index contributed by atoms with van der Waals surface area (Å²) in [5.41, 5.74) is 0. The van der Waals surface area contributed by atoms with Crippen LogP contribution in [0, 0.1) is 0 Å². The molecule has 0 rings (SSSR count). The van der Waals surface area contributed by atoms with Gasteiger partial charge >= 0.3 is 0 Å². The molecule has 0 atom stereocenters. The second-order valence-electron chi connectivity index (χ2n) is 0.821. The highest BCUT2D eigenvalue weighted by Gasteiger charge is 1.59. The molecule has 0 aliphatic rings. The van der Waals surface area contributed by atoms with Crippen LogP contribution in [-0.4, -0.2) is 31.3 Å². The maximum absolute atomic E-state index is 7.83. The molecule has 7 heavy (non-hydrogen) atoms. The molecule has 0 aliphatic heterocycles. The Balaban J connectivity index is 0. The van der Waals surface area contributed by atoms with Crippen molar-refractivity contribution in [3.63, 3.8) is 0 Å². The maximum atomic E-state index is 7.83. The van der Waals surface area contributed by atoms with E-state index in [1.54, 1.807) is 14.2 Å². The van der Waals surface area contributed by atoms with E-state index in [2.05, 4.69) is 20.7 Å². The Morgan fingerprint density at radius 1 is 1.57 bits per heavy atom. The molecular weight excluding hydrogens is 160 g/mol. The third kappa shape index (κ3) is 63.2. The summed E-state index contributed by atoms with van der Waals surface area (Å²) in [7, 11) is 3.25. The van der Waals surface area contributed by atoms with Gasteiger partial charge in [-0.1, -0.05) is 15.9 Å². The minimum atomic E-state index is 0.236. The van der Waals surface area contributed by atoms with Crippen LogP contribution in [0.15, 0.2) is 0 Å². The first kappa shape index (κ1) is 10.4. The summed E-state index contributed by atoms with van der Waals surface area (Å²) in [5, 5.41) is 8.52. The van der Waals surface area contributed by atoms with Crippen LogP contribution in [-0.2, 0) is 4.74 Å². The minimum absolute atomic E-state index is 0.236. The summed E-state index contributed by atoms with van der Waals surface area (Å²) in [6.07, 6.45) is 0. The van der Waals surface area contributed by atoms with Crippen LogP contribution in [0.2, 0.25) is 0 Å². The molecule has 0 amide bonds. The van der Waals surface area contributed by atoms with E-state index in [1.807, 2.05) is 0 Å². The first-order valence-corrected chi connectivity index (χ1v) is 3.02. The standard InChI is InChI=1S/C2H5BrO.C2H6O/c3-1-2-4;1-3-2/h4H,1-2H2;1-2H3. The van der Waals surface area contributed by atoms with Crippen LogP contribution in [0.5, 0.6) is 0 Å². The number of aliphatic hydroxyl groups is 1. The third-order valence-electron chi connectivity index (χ3n) is 0.0845. The molecule has 0 aromatic heterocycles. The Hall–Kier alpha value is 0.400. The fraction of sp³-hybridized carbons (Fsp3) is 1.00. The van der Waals surface area contributed by atoms with Crippen molar-refractivity contribution >= 4 is 15.9 Å². The van der Waals surface area contributed by atoms with Gasteiger partial charge in [-0.15, -0.1) is 0 Å². The van der Waals surface area contributed by atoms with Crippen molar-refractivity contribution < 1.29 is 9.84 Å². The number of hydrogen-bond acceptors (Lipinski definition) is 2. The van der Waals surface area contributed by atoms with Crippen molar-refractivity contribution in [3.05, 3.63) is 0 Å². The lowest BCUT2D eigenvalue weighted by atomic mass is 10.9. The van der Waals surface area contributed by atoms with Gasteiger partial charge in [0.1, 0.15) is 0 Å². The number of alkyl halides is 1. The highest BCUT2D eigenvalue weighted by molar-refractivity contribution is 9.09. The van der Waals surface area contributed by atoms with Crippen molar-refractivity contribution in [2.75, 3.05) is 26.2 Å². The van der Waals surface area contributed by atoms with Crippen LogP contribution in [0.4, 0.5) is 0 Å². The van der Waals surface area contributed by atoms with Crippen molar-refractivity contribution in [2.45, 2.75) is 0 Å². The molecule has 0 spiro atoms. The quantitative estimate of drug-likeness (QED) is 0.586. The number of aliphatic hydroxyl groups excluding tert-OH is 1. The third-order valence-corrected chi connectivity index (χ3v) is 0.439. The second kappa shape index (κ2) is 16.1. The number of rotatable bonds is 1. The minimum Gasteiger partial charge on any atom is -0.396 e. The van der Waals surface area contributed by atoms with Gasteiger partial charge in [0, 0.05) is 19.5 Å². The summed E-state index contributed by atoms with van der Waals surface area (Å²) in [6, 6.07) is 0. The number of methoxy groups -OCH3 is 1. The predicted octanol–water partition coefficient (Wildman–Crippen LogP) is 0.636. The van der Waals surface area contributed by atoms with Crippen molar-refractivity contribution in [1.82, 2.24) is 0 Å². The fourth-order valence-corrected chi connectivity index (χ4v) is 0. The number of hydrogen-bond donors (Lipinski definition) is 1. The van der Waals surface area contributed by atoms with Crippen LogP contribution in [0.1, 0.15) is 0 Å². The Labute approximate surface area is 52.6 Å². The molecule has 0 saturated carbocycles. The van der Waals surface area contributed by atoms with E-state index in [9.17, 15) is 0 Å². The lowest BCUT2D eigenvalue weighted by molar-refractivity contribution is 0.277. The zero-order chi connectivity index (χ0) is 6.12. The molecule has 0 bridgehead atoms. The molecule has 0 radical (unpaired) electrons. The number of ether oxygens (including phenoxy) is 1. The molecule has 0 unspecified atom stereocenters. The SMILES string of the molecule is COC.OCCBr. The molecule has 0 aromatic carbocycles. The smallest absolute Gasteiger partial charge is 0.0528 e. The van der Waals surface area contributed by atoms with E-state index in [-0.39, 0.29) is 6.61 Å². The van der Waals surface area contributed by atoms with E-state index < -0.39 is 0 Å². The summed E-state index contributed by atoms with van der Waals surface area (Å²) >= 11 is 3.00. The largest absolute Gasteiger partial charge is 0.396 e. The van der Waals surface area contributed by atoms with E-state index in [0.717, 1.165) is 0 Å². The van der Waals surface area contributed by atoms with E-state index in [4.69, 9.17) is 5.11 Å². The van der Waals surface area contributed by atoms with Gasteiger partial charge in [0.25, 0.3) is 0 Å². The molecule has 2 nitrogen and oxygen atoms in total. The van der Waals surface area contributed by atoms with Gasteiger partial charge in [0.05, 0.1) is 6.61 Å². The first-order chi connectivity index (χ1) is 3.33. The lowest BCUT2D eigenvalue weighted by Crippen LogP contribution is -1.75. The van der Waals surface area contributed by atoms with Gasteiger partial charge in [0.2, 0.25) is 0 Å².